The second-order valence-corrected chi connectivity index (χ2v) is 8.57. The monoisotopic (exact) mass is 355 g/mol. The highest BCUT2D eigenvalue weighted by Gasteiger charge is 2.33. The van der Waals surface area contributed by atoms with E-state index < -0.39 is 9.84 Å². The van der Waals surface area contributed by atoms with Crippen molar-refractivity contribution in [1.29, 1.82) is 0 Å². The number of amides is 1. The normalized spacial score (nSPS) is 19.4. The molecule has 1 aromatic heterocycles. The van der Waals surface area contributed by atoms with E-state index in [9.17, 15) is 13.2 Å². The number of nitrogens with one attached hydrogen (secondary N) is 1. The minimum absolute atomic E-state index is 0.0220. The van der Waals surface area contributed by atoms with E-state index in [0.29, 0.717) is 12.2 Å². The maximum atomic E-state index is 12.4. The second kappa shape index (κ2) is 7.89. The van der Waals surface area contributed by atoms with E-state index in [2.05, 4.69) is 20.2 Å². The van der Waals surface area contributed by atoms with Crippen molar-refractivity contribution in [3.05, 3.63) is 18.1 Å². The maximum Gasteiger partial charge on any atom is 0.274 e. The third-order valence-corrected chi connectivity index (χ3v) is 5.79. The number of carbonyl (C=O) groups excluding carboxylic acids is 1. The Balaban J connectivity index is 1.89. The van der Waals surface area contributed by atoms with E-state index in [1.165, 1.54) is 17.3 Å². The number of hydrogen-bond donors (Lipinski definition) is 1. The SMILES string of the molecule is CN(C)CCCNc1cnc(C(=O)N(C)C2CCS(=O)(=O)C2)cn1. The van der Waals surface area contributed by atoms with E-state index in [1.54, 1.807) is 7.05 Å². The van der Waals surface area contributed by atoms with E-state index in [4.69, 9.17) is 0 Å². The van der Waals surface area contributed by atoms with Gasteiger partial charge in [0.1, 0.15) is 11.5 Å². The van der Waals surface area contributed by atoms with Gasteiger partial charge in [-0.15, -0.1) is 0 Å². The predicted molar refractivity (Wildman–Crippen MR) is 92.8 cm³/mol. The van der Waals surface area contributed by atoms with Crippen LogP contribution in [0.4, 0.5) is 5.82 Å². The van der Waals surface area contributed by atoms with Gasteiger partial charge in [0.15, 0.2) is 9.84 Å². The fraction of sp³-hybridized carbons (Fsp3) is 0.667. The Morgan fingerprint density at radius 1 is 1.29 bits per heavy atom. The van der Waals surface area contributed by atoms with E-state index in [1.807, 2.05) is 14.1 Å². The Kier molecular flexibility index (Phi) is 6.11. The van der Waals surface area contributed by atoms with Crippen LogP contribution >= 0.6 is 0 Å². The van der Waals surface area contributed by atoms with Crippen LogP contribution in [0, 0.1) is 0 Å². The lowest BCUT2D eigenvalue weighted by molar-refractivity contribution is 0.0741. The second-order valence-electron chi connectivity index (χ2n) is 6.34. The smallest absolute Gasteiger partial charge is 0.274 e. The van der Waals surface area contributed by atoms with Gasteiger partial charge in [0.05, 0.1) is 23.9 Å². The predicted octanol–water partition coefficient (Wildman–Crippen LogP) is 0.0993. The average molecular weight is 355 g/mol. The number of hydrogen-bond acceptors (Lipinski definition) is 7. The van der Waals surface area contributed by atoms with Gasteiger partial charge in [-0.25, -0.2) is 18.4 Å². The Hall–Kier alpha value is -1.74. The first kappa shape index (κ1) is 18.6. The third-order valence-electron chi connectivity index (χ3n) is 4.04. The summed E-state index contributed by atoms with van der Waals surface area (Å²) in [6.07, 6.45) is 4.41. The summed E-state index contributed by atoms with van der Waals surface area (Å²) in [5.41, 5.74) is 0.223. The molecule has 0 saturated carbocycles. The molecule has 1 aliphatic heterocycles. The highest BCUT2D eigenvalue weighted by atomic mass is 32.2. The summed E-state index contributed by atoms with van der Waals surface area (Å²) >= 11 is 0. The molecule has 1 saturated heterocycles. The van der Waals surface area contributed by atoms with Crippen molar-refractivity contribution >= 4 is 21.6 Å². The van der Waals surface area contributed by atoms with Gasteiger partial charge < -0.3 is 15.1 Å². The molecule has 24 heavy (non-hydrogen) atoms. The summed E-state index contributed by atoms with van der Waals surface area (Å²) in [6, 6.07) is -0.284. The van der Waals surface area contributed by atoms with Gasteiger partial charge in [-0.2, -0.15) is 0 Å². The molecule has 1 unspecified atom stereocenters. The van der Waals surface area contributed by atoms with E-state index in [-0.39, 0.29) is 29.1 Å². The Labute approximate surface area is 143 Å². The van der Waals surface area contributed by atoms with Gasteiger partial charge >= 0.3 is 0 Å². The molecule has 1 aromatic rings. The minimum Gasteiger partial charge on any atom is -0.369 e. The lowest BCUT2D eigenvalue weighted by Gasteiger charge is -2.22. The van der Waals surface area contributed by atoms with Crippen molar-refractivity contribution in [1.82, 2.24) is 19.8 Å². The van der Waals surface area contributed by atoms with Crippen LogP contribution in [0.1, 0.15) is 23.3 Å². The molecule has 2 heterocycles. The van der Waals surface area contributed by atoms with Gasteiger partial charge in [0, 0.05) is 19.6 Å². The van der Waals surface area contributed by atoms with Gasteiger partial charge in [-0.1, -0.05) is 0 Å². The van der Waals surface area contributed by atoms with Gasteiger partial charge in [-0.3, -0.25) is 4.79 Å². The Bertz CT molecular complexity index is 660. The minimum atomic E-state index is -3.03. The molecule has 1 aliphatic rings. The largest absolute Gasteiger partial charge is 0.369 e. The Morgan fingerprint density at radius 2 is 2.04 bits per heavy atom. The first-order valence-electron chi connectivity index (χ1n) is 7.97. The highest BCUT2D eigenvalue weighted by Crippen LogP contribution is 2.18. The van der Waals surface area contributed by atoms with Gasteiger partial charge in [-0.05, 0) is 33.5 Å². The van der Waals surface area contributed by atoms with Crippen molar-refractivity contribution in [2.24, 2.45) is 0 Å². The summed E-state index contributed by atoms with van der Waals surface area (Å²) in [7, 11) is 2.63. The van der Waals surface area contributed by atoms with Crippen LogP contribution in [0.15, 0.2) is 12.4 Å². The van der Waals surface area contributed by atoms with E-state index in [0.717, 1.165) is 19.5 Å². The number of anilines is 1. The molecular weight excluding hydrogens is 330 g/mol. The number of rotatable bonds is 7. The first-order valence-corrected chi connectivity index (χ1v) is 9.79. The van der Waals surface area contributed by atoms with Crippen LogP contribution in [0.5, 0.6) is 0 Å². The lowest BCUT2D eigenvalue weighted by Crippen LogP contribution is -2.38. The average Bonchev–Trinajstić information content (AvgIpc) is 2.90. The van der Waals surface area contributed by atoms with Crippen molar-refractivity contribution < 1.29 is 13.2 Å². The molecule has 1 amide bonds. The number of carbonyl (C=O) groups is 1. The summed E-state index contributed by atoms with van der Waals surface area (Å²) in [4.78, 5) is 24.3. The molecule has 0 spiro atoms. The molecule has 1 atom stereocenters. The molecule has 0 radical (unpaired) electrons. The zero-order chi connectivity index (χ0) is 17.7. The first-order chi connectivity index (χ1) is 11.3. The maximum absolute atomic E-state index is 12.4. The quantitative estimate of drug-likeness (QED) is 0.693. The van der Waals surface area contributed by atoms with E-state index >= 15 is 0 Å². The van der Waals surface area contributed by atoms with Crippen LogP contribution in [0.2, 0.25) is 0 Å². The summed E-state index contributed by atoms with van der Waals surface area (Å²) < 4.78 is 23.1. The molecule has 8 nitrogen and oxygen atoms in total. The van der Waals surface area contributed by atoms with Crippen molar-refractivity contribution in [2.75, 3.05) is 51.1 Å². The van der Waals surface area contributed by atoms with Crippen molar-refractivity contribution in [3.8, 4) is 0 Å². The van der Waals surface area contributed by atoms with Crippen molar-refractivity contribution in [2.45, 2.75) is 18.9 Å². The molecule has 0 bridgehead atoms. The summed E-state index contributed by atoms with van der Waals surface area (Å²) in [5, 5.41) is 3.16. The van der Waals surface area contributed by atoms with Crippen LogP contribution < -0.4 is 5.32 Å². The number of aromatic nitrogens is 2. The lowest BCUT2D eigenvalue weighted by atomic mass is 10.2. The molecular formula is C15H25N5O3S. The number of nitrogens with zero attached hydrogens (tertiary/aromatic N) is 4. The molecule has 2 rings (SSSR count). The standard InChI is InChI=1S/C15H25N5O3S/c1-19(2)7-4-6-16-14-10-17-13(9-18-14)15(21)20(3)12-5-8-24(22,23)11-12/h9-10,12H,4-8,11H2,1-3H3,(H,16,18). The molecule has 1 fully saturated rings. The van der Waals surface area contributed by atoms with Gasteiger partial charge in [0.2, 0.25) is 0 Å². The molecule has 0 aromatic carbocycles. The van der Waals surface area contributed by atoms with Crippen LogP contribution in [-0.4, -0.2) is 85.9 Å². The van der Waals surface area contributed by atoms with Crippen molar-refractivity contribution in [3.63, 3.8) is 0 Å². The fourth-order valence-electron chi connectivity index (χ4n) is 2.57. The molecule has 1 N–H and O–H groups in total. The molecule has 9 heteroatoms. The van der Waals surface area contributed by atoms with Crippen LogP contribution in [0.3, 0.4) is 0 Å². The van der Waals surface area contributed by atoms with Gasteiger partial charge in [0.25, 0.3) is 5.91 Å². The summed E-state index contributed by atoms with van der Waals surface area (Å²) in [5.74, 6) is 0.477. The molecule has 134 valence electrons. The van der Waals surface area contributed by atoms with Crippen LogP contribution in [-0.2, 0) is 9.84 Å². The summed E-state index contributed by atoms with van der Waals surface area (Å²) in [6.45, 7) is 1.76. The number of sulfone groups is 1. The fourth-order valence-corrected chi connectivity index (χ4v) is 4.34. The topological polar surface area (TPSA) is 95.5 Å². The zero-order valence-electron chi connectivity index (χ0n) is 14.4. The van der Waals surface area contributed by atoms with Crippen LogP contribution in [0.25, 0.3) is 0 Å². The zero-order valence-corrected chi connectivity index (χ0v) is 15.2. The third kappa shape index (κ3) is 5.13. The molecule has 0 aliphatic carbocycles. The Morgan fingerprint density at radius 3 is 2.58 bits per heavy atom. The highest BCUT2D eigenvalue weighted by molar-refractivity contribution is 7.91.